The second-order valence-corrected chi connectivity index (χ2v) is 14.4. The summed E-state index contributed by atoms with van der Waals surface area (Å²) in [5.41, 5.74) is 0.255. The Morgan fingerprint density at radius 2 is 1.45 bits per heavy atom. The van der Waals surface area contributed by atoms with E-state index < -0.39 is 41.5 Å². The van der Waals surface area contributed by atoms with Gasteiger partial charge in [-0.15, -0.1) is 0 Å². The van der Waals surface area contributed by atoms with E-state index in [-0.39, 0.29) is 25.4 Å². The van der Waals surface area contributed by atoms with Crippen LogP contribution in [0, 0.1) is 6.92 Å². The van der Waals surface area contributed by atoms with Crippen LogP contribution in [0.2, 0.25) is 0 Å². The van der Waals surface area contributed by atoms with Crippen LogP contribution < -0.4 is 27.2 Å². The van der Waals surface area contributed by atoms with Crippen LogP contribution in [-0.4, -0.2) is 65.7 Å². The van der Waals surface area contributed by atoms with Gasteiger partial charge < -0.3 is 25.4 Å². The first kappa shape index (κ1) is 43.6. The number of rotatable bonds is 27. The predicted octanol–water partition coefficient (Wildman–Crippen LogP) is 5.76. The van der Waals surface area contributed by atoms with E-state index in [2.05, 4.69) is 27.9 Å². The summed E-state index contributed by atoms with van der Waals surface area (Å²) in [4.78, 5) is 64.8. The van der Waals surface area contributed by atoms with Crippen molar-refractivity contribution < 1.29 is 23.9 Å². The summed E-state index contributed by atoms with van der Waals surface area (Å²) in [7, 11) is 0. The smallest absolute Gasteiger partial charge is 0.330 e. The Labute approximate surface area is 315 Å². The van der Waals surface area contributed by atoms with Crippen molar-refractivity contribution in [2.45, 2.75) is 154 Å². The molecule has 0 spiro atoms. The third-order valence-electron chi connectivity index (χ3n) is 9.75. The maximum Gasteiger partial charge on any atom is 0.330 e. The number of nitrogens with one attached hydrogen (secondary N) is 4. The fourth-order valence-corrected chi connectivity index (χ4v) is 6.56. The molecule has 2 aromatic rings. The Kier molecular flexibility index (Phi) is 21.5. The monoisotopic (exact) mass is 739 g/mol. The molecular formula is C41H65N5O7. The molecule has 1 fully saturated rings. The van der Waals surface area contributed by atoms with Crippen molar-refractivity contribution in [3.8, 4) is 0 Å². The SMILES string of the molecule is CCCCCCCCCCCCCCCCCCNC(=O)C(Cc1ccccc1)NC(=O)CCC(=O)OC[C@@H]1CNC[C@H](n2cc(C)c(=O)[nH]c2=O)O1. The number of ether oxygens (including phenoxy) is 2. The molecule has 3 rings (SSSR count). The average Bonchev–Trinajstić information content (AvgIpc) is 3.16. The van der Waals surface area contributed by atoms with Crippen molar-refractivity contribution in [2.75, 3.05) is 26.2 Å². The second kappa shape index (κ2) is 26.1. The number of aromatic amines is 1. The number of aryl methyl sites for hydroxylation is 1. The van der Waals surface area contributed by atoms with Crippen molar-refractivity contribution in [3.05, 3.63) is 68.5 Å². The van der Waals surface area contributed by atoms with Gasteiger partial charge in [0.1, 0.15) is 18.8 Å². The standard InChI is InChI=1S/C41H65N5O7/c1-3-4-5-6-7-8-9-10-11-12-13-14-15-16-17-21-26-43-40(50)35(27-33-22-19-18-20-23-33)44-36(47)24-25-38(48)52-31-34-28-42-29-37(53-34)46-30-32(2)39(49)45-41(46)51/h18-20,22-23,30,34-35,37,42H,3-17,21,24-29,31H2,1-2H3,(H,43,50)(H,44,47)(H,45,49,51)/t34-,35?,37+/m0/s1. The van der Waals surface area contributed by atoms with Crippen LogP contribution in [0.3, 0.4) is 0 Å². The third kappa shape index (κ3) is 18.2. The number of benzene rings is 1. The molecule has 3 atom stereocenters. The molecule has 53 heavy (non-hydrogen) atoms. The highest BCUT2D eigenvalue weighted by Crippen LogP contribution is 2.15. The van der Waals surface area contributed by atoms with E-state index in [0.717, 1.165) is 24.8 Å². The van der Waals surface area contributed by atoms with E-state index >= 15 is 0 Å². The Morgan fingerprint density at radius 1 is 0.849 bits per heavy atom. The van der Waals surface area contributed by atoms with E-state index in [0.29, 0.717) is 31.6 Å². The van der Waals surface area contributed by atoms with Gasteiger partial charge in [0, 0.05) is 44.2 Å². The minimum Gasteiger partial charge on any atom is -0.463 e. The van der Waals surface area contributed by atoms with Gasteiger partial charge in [-0.1, -0.05) is 134 Å². The lowest BCUT2D eigenvalue weighted by Crippen LogP contribution is -2.48. The quantitative estimate of drug-likeness (QED) is 0.0665. The van der Waals surface area contributed by atoms with Crippen molar-refractivity contribution in [1.82, 2.24) is 25.5 Å². The Hall–Kier alpha value is -3.77. The molecule has 4 N–H and O–H groups in total. The maximum absolute atomic E-state index is 13.2. The van der Waals surface area contributed by atoms with Crippen LogP contribution in [0.5, 0.6) is 0 Å². The largest absolute Gasteiger partial charge is 0.463 e. The molecule has 296 valence electrons. The summed E-state index contributed by atoms with van der Waals surface area (Å²) in [6, 6.07) is 8.76. The Balaban J connectivity index is 1.29. The molecule has 0 aliphatic carbocycles. The number of carbonyl (C=O) groups is 3. The van der Waals surface area contributed by atoms with Crippen LogP contribution in [0.25, 0.3) is 0 Å². The van der Waals surface area contributed by atoms with E-state index in [4.69, 9.17) is 9.47 Å². The number of morpholine rings is 1. The van der Waals surface area contributed by atoms with Crippen LogP contribution in [0.4, 0.5) is 0 Å². The first-order valence-corrected chi connectivity index (χ1v) is 20.2. The van der Waals surface area contributed by atoms with Gasteiger partial charge in [0.25, 0.3) is 5.56 Å². The van der Waals surface area contributed by atoms with Gasteiger partial charge in [0.05, 0.1) is 6.42 Å². The van der Waals surface area contributed by atoms with Crippen molar-refractivity contribution >= 4 is 17.8 Å². The number of carbonyl (C=O) groups excluding carboxylic acids is 3. The van der Waals surface area contributed by atoms with Gasteiger partial charge in [0.15, 0.2) is 6.23 Å². The molecule has 1 aliphatic rings. The number of nitrogens with zero attached hydrogens (tertiary/aromatic N) is 1. The third-order valence-corrected chi connectivity index (χ3v) is 9.75. The lowest BCUT2D eigenvalue weighted by molar-refractivity contribution is -0.155. The van der Waals surface area contributed by atoms with E-state index in [9.17, 15) is 24.0 Å². The van der Waals surface area contributed by atoms with Crippen molar-refractivity contribution in [3.63, 3.8) is 0 Å². The minimum atomic E-state index is -0.763. The zero-order chi connectivity index (χ0) is 38.1. The molecule has 1 aromatic heterocycles. The molecule has 1 aromatic carbocycles. The van der Waals surface area contributed by atoms with E-state index in [1.54, 1.807) is 6.92 Å². The fraction of sp³-hybridized carbons (Fsp3) is 0.683. The molecule has 0 bridgehead atoms. The summed E-state index contributed by atoms with van der Waals surface area (Å²) >= 11 is 0. The number of esters is 1. The molecule has 1 unspecified atom stereocenters. The van der Waals surface area contributed by atoms with Gasteiger partial charge in [-0.3, -0.25) is 28.7 Å². The maximum atomic E-state index is 13.2. The minimum absolute atomic E-state index is 0.0700. The lowest BCUT2D eigenvalue weighted by atomic mass is 10.0. The molecule has 12 nitrogen and oxygen atoms in total. The average molecular weight is 740 g/mol. The predicted molar refractivity (Wildman–Crippen MR) is 208 cm³/mol. The topological polar surface area (TPSA) is 161 Å². The molecule has 0 radical (unpaired) electrons. The van der Waals surface area contributed by atoms with Gasteiger partial charge in [-0.25, -0.2) is 4.79 Å². The van der Waals surface area contributed by atoms with Gasteiger partial charge in [0.2, 0.25) is 11.8 Å². The summed E-state index contributed by atoms with van der Waals surface area (Å²) in [5.74, 6) is -1.22. The molecule has 2 heterocycles. The summed E-state index contributed by atoms with van der Waals surface area (Å²) < 4.78 is 12.6. The first-order valence-electron chi connectivity index (χ1n) is 20.2. The number of unbranched alkanes of at least 4 members (excludes halogenated alkanes) is 15. The Bertz CT molecular complexity index is 1460. The highest BCUT2D eigenvalue weighted by atomic mass is 16.6. The normalized spacial score (nSPS) is 16.2. The highest BCUT2D eigenvalue weighted by molar-refractivity contribution is 5.89. The number of hydrogen-bond donors (Lipinski definition) is 4. The van der Waals surface area contributed by atoms with Crippen molar-refractivity contribution in [2.24, 2.45) is 0 Å². The second-order valence-electron chi connectivity index (χ2n) is 14.4. The number of H-pyrrole nitrogens is 1. The molecule has 1 saturated heterocycles. The molecule has 12 heteroatoms. The lowest BCUT2D eigenvalue weighted by Gasteiger charge is -2.31. The highest BCUT2D eigenvalue weighted by Gasteiger charge is 2.26. The van der Waals surface area contributed by atoms with Crippen LogP contribution in [0.1, 0.15) is 140 Å². The van der Waals surface area contributed by atoms with E-state index in [1.807, 2.05) is 30.3 Å². The molecule has 0 saturated carbocycles. The summed E-state index contributed by atoms with van der Waals surface area (Å²) in [6.45, 7) is 5.09. The number of aromatic nitrogens is 2. The molecular weight excluding hydrogens is 674 g/mol. The van der Waals surface area contributed by atoms with Gasteiger partial charge in [-0.05, 0) is 18.9 Å². The zero-order valence-electron chi connectivity index (χ0n) is 32.3. The fourth-order valence-electron chi connectivity index (χ4n) is 6.56. The number of hydrogen-bond acceptors (Lipinski definition) is 8. The van der Waals surface area contributed by atoms with Crippen molar-refractivity contribution in [1.29, 1.82) is 0 Å². The van der Waals surface area contributed by atoms with Crippen LogP contribution in [0.15, 0.2) is 46.1 Å². The summed E-state index contributed by atoms with van der Waals surface area (Å²) in [6.07, 6.45) is 20.9. The summed E-state index contributed by atoms with van der Waals surface area (Å²) in [5, 5.41) is 8.97. The Morgan fingerprint density at radius 3 is 2.08 bits per heavy atom. The molecule has 2 amide bonds. The molecule has 1 aliphatic heterocycles. The van der Waals surface area contributed by atoms with Crippen LogP contribution >= 0.6 is 0 Å². The number of amides is 2. The first-order chi connectivity index (χ1) is 25.8. The van der Waals surface area contributed by atoms with Gasteiger partial charge in [-0.2, -0.15) is 0 Å². The van der Waals surface area contributed by atoms with Crippen LogP contribution in [-0.2, 0) is 30.3 Å². The van der Waals surface area contributed by atoms with E-state index in [1.165, 1.54) is 94.2 Å². The zero-order valence-corrected chi connectivity index (χ0v) is 32.3. The van der Waals surface area contributed by atoms with Gasteiger partial charge >= 0.3 is 11.7 Å².